The number of fused-ring (bicyclic) bond motifs is 1. The first-order chi connectivity index (χ1) is 19.9. The number of benzene rings is 1. The summed E-state index contributed by atoms with van der Waals surface area (Å²) in [6, 6.07) is 2.31. The molecular weight excluding hydrogens is 588 g/mol. The first-order valence-electron chi connectivity index (χ1n) is 12.1. The zero-order valence-corrected chi connectivity index (χ0v) is 22.0. The molecule has 0 saturated carbocycles. The fourth-order valence-electron chi connectivity index (χ4n) is 4.31. The highest BCUT2D eigenvalue weighted by atomic mass is 32.1. The van der Waals surface area contributed by atoms with Crippen LogP contribution in [0.15, 0.2) is 36.7 Å². The van der Waals surface area contributed by atoms with E-state index < -0.39 is 41.6 Å². The monoisotopic (exact) mass is 608 g/mol. The lowest BCUT2D eigenvalue weighted by molar-refractivity contribution is -0.140. The maximum atomic E-state index is 13.5. The van der Waals surface area contributed by atoms with Gasteiger partial charge in [0, 0.05) is 25.0 Å². The molecule has 0 bridgehead atoms. The van der Waals surface area contributed by atoms with Crippen LogP contribution in [0, 0.1) is 5.82 Å². The number of primary amides is 1. The third kappa shape index (κ3) is 5.85. The minimum absolute atomic E-state index is 0.00346. The maximum absolute atomic E-state index is 13.5. The minimum atomic E-state index is -4.96. The molecule has 1 unspecified atom stereocenters. The van der Waals surface area contributed by atoms with Gasteiger partial charge in [-0.1, -0.05) is 11.3 Å². The van der Waals surface area contributed by atoms with E-state index in [4.69, 9.17) is 10.5 Å². The van der Waals surface area contributed by atoms with E-state index in [2.05, 4.69) is 25.7 Å². The van der Waals surface area contributed by atoms with E-state index in [-0.39, 0.29) is 33.1 Å². The van der Waals surface area contributed by atoms with Crippen LogP contribution in [0.2, 0.25) is 0 Å². The third-order valence-electron chi connectivity index (χ3n) is 6.18. The Morgan fingerprint density at radius 2 is 1.86 bits per heavy atom. The van der Waals surface area contributed by atoms with Crippen molar-refractivity contribution in [3.05, 3.63) is 53.6 Å². The number of carbonyl (C=O) groups is 3. The normalized spacial score (nSPS) is 15.0. The third-order valence-corrected chi connectivity index (χ3v) is 7.12. The van der Waals surface area contributed by atoms with Crippen LogP contribution in [-0.4, -0.2) is 74.0 Å². The van der Waals surface area contributed by atoms with E-state index in [1.807, 2.05) is 0 Å². The lowest BCUT2D eigenvalue weighted by Crippen LogP contribution is -2.47. The number of alkyl halides is 3. The fraction of sp³-hybridized carbons (Fsp3) is 0.250. The molecule has 13 nitrogen and oxygen atoms in total. The van der Waals surface area contributed by atoms with Crippen molar-refractivity contribution in [2.24, 2.45) is 5.73 Å². The van der Waals surface area contributed by atoms with E-state index in [0.29, 0.717) is 43.3 Å². The Hall–Kier alpha value is -4.68. The second-order valence-electron chi connectivity index (χ2n) is 8.91. The molecule has 4 heterocycles. The van der Waals surface area contributed by atoms with E-state index in [1.165, 1.54) is 23.1 Å². The minimum Gasteiger partial charge on any atom is -0.478 e. The second-order valence-corrected chi connectivity index (χ2v) is 9.94. The van der Waals surface area contributed by atoms with Crippen LogP contribution in [0.1, 0.15) is 22.1 Å². The Balaban J connectivity index is 1.43. The summed E-state index contributed by atoms with van der Waals surface area (Å²) in [6.45, 7) is 1.47. The lowest BCUT2D eigenvalue weighted by atomic mass is 10.1. The summed E-state index contributed by atoms with van der Waals surface area (Å²) in [5.74, 6) is -3.51. The van der Waals surface area contributed by atoms with Crippen molar-refractivity contribution in [2.75, 3.05) is 36.9 Å². The number of carbonyl (C=O) groups excluding carboxylic acids is 2. The summed E-state index contributed by atoms with van der Waals surface area (Å²) in [6.07, 6.45) is -3.45. The molecule has 0 radical (unpaired) electrons. The van der Waals surface area contributed by atoms with E-state index in [9.17, 15) is 37.1 Å². The number of urea groups is 1. The average molecular weight is 609 g/mol. The highest BCUT2D eigenvalue weighted by Crippen LogP contribution is 2.34. The molecule has 1 saturated heterocycles. The summed E-state index contributed by atoms with van der Waals surface area (Å²) in [4.78, 5) is 47.5. The summed E-state index contributed by atoms with van der Waals surface area (Å²) in [5, 5.41) is 18.8. The first kappa shape index (κ1) is 28.8. The van der Waals surface area contributed by atoms with Gasteiger partial charge in [0.05, 0.1) is 46.5 Å². The van der Waals surface area contributed by atoms with Gasteiger partial charge < -0.3 is 20.9 Å². The number of amides is 3. The molecule has 4 aromatic rings. The summed E-state index contributed by atoms with van der Waals surface area (Å²) in [5.41, 5.74) is 3.86. The molecule has 1 aliphatic heterocycles. The van der Waals surface area contributed by atoms with Crippen LogP contribution >= 0.6 is 11.3 Å². The fourth-order valence-corrected chi connectivity index (χ4v) is 5.08. The predicted molar refractivity (Wildman–Crippen MR) is 140 cm³/mol. The molecule has 1 atom stereocenters. The van der Waals surface area contributed by atoms with E-state index in [0.717, 1.165) is 17.4 Å². The van der Waals surface area contributed by atoms with E-state index >= 15 is 0 Å². The number of aromatic carboxylic acids is 1. The van der Waals surface area contributed by atoms with Gasteiger partial charge in [0.1, 0.15) is 5.82 Å². The van der Waals surface area contributed by atoms with Gasteiger partial charge in [0.25, 0.3) is 5.91 Å². The first-order valence-corrected chi connectivity index (χ1v) is 12.9. The van der Waals surface area contributed by atoms with Gasteiger partial charge in [0.2, 0.25) is 0 Å². The molecule has 18 heteroatoms. The van der Waals surface area contributed by atoms with Crippen molar-refractivity contribution in [1.29, 1.82) is 0 Å². The molecule has 1 fully saturated rings. The number of morpholine rings is 1. The standard InChI is InChI=1S/C24H20F4N8O5S/c25-15-2-1-11(7-14(15)24(26,27)28)32-22(40)34-23-30-10-17(42-23)16-8-12(21(38)39)13-9-31-36(19(13)33-16)20(18(29)37)35-3-5-41-6-4-35/h1-2,7-10,20H,3-6H2,(H2,29,37)(H,38,39)(H2,30,32,34,40). The topological polar surface area (TPSA) is 178 Å². The van der Waals surface area contributed by atoms with Crippen molar-refractivity contribution >= 4 is 51.1 Å². The van der Waals surface area contributed by atoms with Crippen molar-refractivity contribution in [2.45, 2.75) is 12.3 Å². The number of rotatable bonds is 7. The molecule has 5 N–H and O–H groups in total. The number of halogens is 4. The quantitative estimate of drug-likeness (QED) is 0.229. The Kier molecular flexibility index (Phi) is 7.76. The highest BCUT2D eigenvalue weighted by molar-refractivity contribution is 7.19. The number of hydrogen-bond acceptors (Lipinski definition) is 9. The maximum Gasteiger partial charge on any atom is 0.419 e. The number of carboxylic acid groups (broad SMARTS) is 1. The van der Waals surface area contributed by atoms with Crippen LogP contribution in [0.4, 0.5) is 33.2 Å². The largest absolute Gasteiger partial charge is 0.478 e. The van der Waals surface area contributed by atoms with Crippen LogP contribution in [-0.2, 0) is 15.7 Å². The Morgan fingerprint density at radius 1 is 1.12 bits per heavy atom. The van der Waals surface area contributed by atoms with Gasteiger partial charge in [-0.2, -0.15) is 18.3 Å². The van der Waals surface area contributed by atoms with Crippen LogP contribution < -0.4 is 16.4 Å². The van der Waals surface area contributed by atoms with Gasteiger partial charge in [-0.25, -0.2) is 28.6 Å². The number of anilines is 2. The van der Waals surface area contributed by atoms with Crippen LogP contribution in [0.5, 0.6) is 0 Å². The lowest BCUT2D eigenvalue weighted by Gasteiger charge is -2.32. The van der Waals surface area contributed by atoms with Gasteiger partial charge >= 0.3 is 18.2 Å². The van der Waals surface area contributed by atoms with Crippen LogP contribution in [0.3, 0.4) is 0 Å². The number of thiazole rings is 1. The zero-order valence-electron chi connectivity index (χ0n) is 21.2. The molecule has 3 amide bonds. The molecule has 5 rings (SSSR count). The summed E-state index contributed by atoms with van der Waals surface area (Å²) < 4.78 is 59.0. The molecule has 0 aliphatic carbocycles. The number of pyridine rings is 1. The molecule has 220 valence electrons. The molecule has 3 aromatic heterocycles. The van der Waals surface area contributed by atoms with E-state index in [1.54, 1.807) is 4.90 Å². The zero-order chi connectivity index (χ0) is 30.2. The Morgan fingerprint density at radius 3 is 2.52 bits per heavy atom. The number of nitrogens with zero attached hydrogens (tertiary/aromatic N) is 5. The van der Waals surface area contributed by atoms with Crippen molar-refractivity contribution in [1.82, 2.24) is 24.6 Å². The number of hydrogen-bond donors (Lipinski definition) is 4. The Bertz CT molecular complexity index is 1690. The van der Waals surface area contributed by atoms with Crippen molar-refractivity contribution in [3.8, 4) is 10.6 Å². The van der Waals surface area contributed by atoms with Crippen molar-refractivity contribution < 1.29 is 41.8 Å². The van der Waals surface area contributed by atoms with Crippen LogP contribution in [0.25, 0.3) is 21.6 Å². The number of aromatic nitrogens is 4. The molecule has 42 heavy (non-hydrogen) atoms. The summed E-state index contributed by atoms with van der Waals surface area (Å²) in [7, 11) is 0. The predicted octanol–water partition coefficient (Wildman–Crippen LogP) is 3.37. The number of nitrogens with one attached hydrogen (secondary N) is 2. The number of ether oxygens (including phenoxy) is 1. The molecule has 1 aromatic carbocycles. The molecule has 0 spiro atoms. The smallest absolute Gasteiger partial charge is 0.419 e. The molecule has 1 aliphatic rings. The number of carboxylic acids is 1. The summed E-state index contributed by atoms with van der Waals surface area (Å²) >= 11 is 0.888. The second kappa shape index (κ2) is 11.3. The van der Waals surface area contributed by atoms with Crippen molar-refractivity contribution in [3.63, 3.8) is 0 Å². The number of nitrogens with two attached hydrogens (primary N) is 1. The van der Waals surface area contributed by atoms with Gasteiger partial charge in [-0.15, -0.1) is 0 Å². The van der Waals surface area contributed by atoms with Gasteiger partial charge in [-0.3, -0.25) is 15.0 Å². The average Bonchev–Trinajstić information content (AvgIpc) is 3.56. The van der Waals surface area contributed by atoms with Gasteiger partial charge in [0.15, 0.2) is 16.9 Å². The highest BCUT2D eigenvalue weighted by Gasteiger charge is 2.34. The SMILES string of the molecule is NC(=O)C(N1CCOCC1)n1ncc2c(C(=O)O)cc(-c3cnc(NC(=O)Nc4ccc(F)c(C(F)(F)F)c4)s3)nc21. The molecular formula is C24H20F4N8O5S. The van der Waals surface area contributed by atoms with Gasteiger partial charge in [-0.05, 0) is 24.3 Å². The Labute approximate surface area is 236 Å².